The lowest BCUT2D eigenvalue weighted by Gasteiger charge is -2.47. The Morgan fingerprint density at radius 3 is 2.74 bits per heavy atom. The molecule has 8 nitrogen and oxygen atoms in total. The molecule has 2 atom stereocenters. The molecule has 0 bridgehead atoms. The largest absolute Gasteiger partial charge is 0.484 e. The highest BCUT2D eigenvalue weighted by Crippen LogP contribution is 2.48. The third-order valence-electron chi connectivity index (χ3n) is 5.88. The topological polar surface area (TPSA) is 103 Å². The average molecular weight is 461 g/mol. The Morgan fingerprint density at radius 1 is 1.23 bits per heavy atom. The zero-order valence-corrected chi connectivity index (χ0v) is 17.7. The van der Waals surface area contributed by atoms with Crippen molar-refractivity contribution in [1.29, 1.82) is 0 Å². The number of hydrogen-bond acceptors (Lipinski definition) is 7. The molecule has 2 aromatic carbocycles. The van der Waals surface area contributed by atoms with E-state index in [2.05, 4.69) is 10.0 Å². The maximum atomic E-state index is 12.0. The highest BCUT2D eigenvalue weighted by atomic mass is 35.5. The van der Waals surface area contributed by atoms with Gasteiger partial charge in [0.25, 0.3) is 5.88 Å². The minimum atomic E-state index is -3.18. The zero-order valence-electron chi connectivity index (χ0n) is 16.1. The van der Waals surface area contributed by atoms with Gasteiger partial charge in [0.15, 0.2) is 27.2 Å². The number of aromatic nitrogens is 1. The molecule has 31 heavy (non-hydrogen) atoms. The van der Waals surface area contributed by atoms with E-state index in [0.29, 0.717) is 33.0 Å². The van der Waals surface area contributed by atoms with Crippen molar-refractivity contribution in [2.75, 3.05) is 11.5 Å². The molecule has 1 saturated heterocycles. The second kappa shape index (κ2) is 7.12. The predicted octanol–water partition coefficient (Wildman–Crippen LogP) is 3.85. The fraction of sp³-hybridized carbons (Fsp3) is 0.333. The van der Waals surface area contributed by atoms with Crippen LogP contribution in [0.25, 0.3) is 15.8 Å². The molecule has 5 rings (SSSR count). The summed E-state index contributed by atoms with van der Waals surface area (Å²) in [5.41, 5.74) is 0.163. The van der Waals surface area contributed by atoms with E-state index in [-0.39, 0.29) is 30.2 Å². The van der Waals surface area contributed by atoms with E-state index in [9.17, 15) is 13.5 Å². The van der Waals surface area contributed by atoms with Gasteiger partial charge in [-0.05, 0) is 29.4 Å². The molecule has 2 aliphatic heterocycles. The molecule has 160 valence electrons. The summed E-state index contributed by atoms with van der Waals surface area (Å²) >= 11 is 6.00. The summed E-state index contributed by atoms with van der Waals surface area (Å²) in [5.74, 6) is 0.433. The highest BCUT2D eigenvalue weighted by Gasteiger charge is 2.53. The van der Waals surface area contributed by atoms with E-state index >= 15 is 0 Å². The molecular formula is C21H17ClN2O6S. The maximum Gasteiger partial charge on any atom is 0.262 e. The predicted molar refractivity (Wildman–Crippen MR) is 112 cm³/mol. The normalized spacial score (nSPS) is 23.6. The van der Waals surface area contributed by atoms with Gasteiger partial charge in [-0.1, -0.05) is 17.7 Å². The number of nitrogens with zero attached hydrogens (tertiary/aromatic N) is 2. The van der Waals surface area contributed by atoms with Crippen molar-refractivity contribution in [1.82, 2.24) is 5.16 Å². The lowest BCUT2D eigenvalue weighted by molar-refractivity contribution is -0.126. The summed E-state index contributed by atoms with van der Waals surface area (Å²) < 4.78 is 41.6. The monoisotopic (exact) mass is 460 g/mol. The first-order chi connectivity index (χ1) is 14.8. The van der Waals surface area contributed by atoms with E-state index in [1.54, 1.807) is 36.4 Å². The van der Waals surface area contributed by atoms with Crippen LogP contribution in [0, 0.1) is 6.57 Å². The quantitative estimate of drug-likeness (QED) is 0.579. The molecule has 0 aliphatic carbocycles. The van der Waals surface area contributed by atoms with E-state index < -0.39 is 27.6 Å². The van der Waals surface area contributed by atoms with Crippen LogP contribution in [0.3, 0.4) is 0 Å². The van der Waals surface area contributed by atoms with Gasteiger partial charge in [0, 0.05) is 29.5 Å². The molecule has 3 aromatic rings. The maximum absolute atomic E-state index is 12.0. The molecule has 0 unspecified atom stereocenters. The molecule has 2 aliphatic rings. The van der Waals surface area contributed by atoms with Crippen LogP contribution in [0.15, 0.2) is 40.9 Å². The SMILES string of the molecule is [C-]#[N+]c1ccc2c(c1)[C@@H](Oc1noc3cc(Cl)ccc13)[C@H](O)C1(CCS(=O)(=O)CC1)O2. The molecule has 0 radical (unpaired) electrons. The van der Waals surface area contributed by atoms with E-state index in [4.69, 9.17) is 32.2 Å². The Hall–Kier alpha value is -2.80. The van der Waals surface area contributed by atoms with Crippen LogP contribution in [-0.4, -0.2) is 41.9 Å². The van der Waals surface area contributed by atoms with Crippen LogP contribution in [0.1, 0.15) is 24.5 Å². The first-order valence-corrected chi connectivity index (χ1v) is 11.8. The number of sulfone groups is 1. The molecule has 1 aromatic heterocycles. The number of rotatable bonds is 2. The van der Waals surface area contributed by atoms with Crippen molar-refractivity contribution in [2.24, 2.45) is 0 Å². The fourth-order valence-electron chi connectivity index (χ4n) is 4.15. The van der Waals surface area contributed by atoms with Crippen molar-refractivity contribution < 1.29 is 27.5 Å². The summed E-state index contributed by atoms with van der Waals surface area (Å²) in [6, 6.07) is 9.84. The summed E-state index contributed by atoms with van der Waals surface area (Å²) in [7, 11) is -3.18. The molecule has 0 amide bonds. The van der Waals surface area contributed by atoms with Crippen molar-refractivity contribution in [3.8, 4) is 11.6 Å². The second-order valence-corrected chi connectivity index (χ2v) is 10.5. The van der Waals surface area contributed by atoms with Crippen LogP contribution in [-0.2, 0) is 9.84 Å². The molecule has 3 heterocycles. The van der Waals surface area contributed by atoms with Crippen molar-refractivity contribution in [3.05, 3.63) is 58.4 Å². The average Bonchev–Trinajstić information content (AvgIpc) is 3.15. The van der Waals surface area contributed by atoms with Crippen LogP contribution < -0.4 is 9.47 Å². The van der Waals surface area contributed by atoms with Gasteiger partial charge >= 0.3 is 0 Å². The Balaban J connectivity index is 1.59. The van der Waals surface area contributed by atoms with Gasteiger partial charge in [-0.2, -0.15) is 0 Å². The van der Waals surface area contributed by atoms with Crippen LogP contribution >= 0.6 is 11.6 Å². The summed E-state index contributed by atoms with van der Waals surface area (Å²) in [6.07, 6.45) is -1.85. The third-order valence-corrected chi connectivity index (χ3v) is 7.77. The summed E-state index contributed by atoms with van der Waals surface area (Å²) in [6.45, 7) is 7.31. The Kier molecular flexibility index (Phi) is 4.62. The van der Waals surface area contributed by atoms with Crippen LogP contribution in [0.2, 0.25) is 5.02 Å². The van der Waals surface area contributed by atoms with Crippen molar-refractivity contribution in [3.63, 3.8) is 0 Å². The smallest absolute Gasteiger partial charge is 0.262 e. The third kappa shape index (κ3) is 3.41. The lowest BCUT2D eigenvalue weighted by atomic mass is 9.81. The number of aliphatic hydroxyl groups is 1. The zero-order chi connectivity index (χ0) is 21.8. The van der Waals surface area contributed by atoms with Crippen molar-refractivity contribution in [2.45, 2.75) is 30.7 Å². The fourth-order valence-corrected chi connectivity index (χ4v) is 5.83. The van der Waals surface area contributed by atoms with Gasteiger partial charge in [-0.3, -0.25) is 0 Å². The van der Waals surface area contributed by atoms with Crippen LogP contribution in [0.5, 0.6) is 11.6 Å². The second-order valence-electron chi connectivity index (χ2n) is 7.76. The Bertz CT molecular complexity index is 1320. The summed E-state index contributed by atoms with van der Waals surface area (Å²) in [5, 5.41) is 16.4. The molecule has 0 saturated carbocycles. The van der Waals surface area contributed by atoms with E-state index in [1.807, 2.05) is 0 Å². The van der Waals surface area contributed by atoms with Gasteiger partial charge in [0.05, 0.1) is 23.5 Å². The molecule has 1 spiro atoms. The Morgan fingerprint density at radius 2 is 2.00 bits per heavy atom. The number of fused-ring (bicyclic) bond motifs is 2. The molecule has 1 fully saturated rings. The van der Waals surface area contributed by atoms with Crippen LogP contribution in [0.4, 0.5) is 5.69 Å². The van der Waals surface area contributed by atoms with Crippen molar-refractivity contribution >= 4 is 38.1 Å². The standard InChI is InChI=1S/C21H17ClN2O6S/c1-23-13-3-5-16-15(11-13)18(19(25)21(29-16)6-8-31(26,27)9-7-21)28-20-14-4-2-12(22)10-17(14)30-24-20/h2-5,10-11,18-19,25H,6-9H2/t18-,19+/m1/s1. The number of aliphatic hydroxyl groups excluding tert-OH is 1. The first-order valence-electron chi connectivity index (χ1n) is 9.61. The minimum Gasteiger partial charge on any atom is -0.484 e. The number of benzene rings is 2. The number of halogens is 1. The van der Waals surface area contributed by atoms with Gasteiger partial charge in [-0.15, -0.1) is 0 Å². The van der Waals surface area contributed by atoms with Gasteiger partial charge in [0.1, 0.15) is 17.5 Å². The lowest BCUT2D eigenvalue weighted by Crippen LogP contribution is -2.58. The molecular weight excluding hydrogens is 444 g/mol. The van der Waals surface area contributed by atoms with Gasteiger partial charge in [0.2, 0.25) is 0 Å². The summed E-state index contributed by atoms with van der Waals surface area (Å²) in [4.78, 5) is 3.45. The highest BCUT2D eigenvalue weighted by molar-refractivity contribution is 7.91. The molecule has 10 heteroatoms. The van der Waals surface area contributed by atoms with E-state index in [1.165, 1.54) is 0 Å². The van der Waals surface area contributed by atoms with Gasteiger partial charge in [-0.25, -0.2) is 13.3 Å². The number of hydrogen-bond donors (Lipinski definition) is 1. The number of ether oxygens (including phenoxy) is 2. The molecule has 1 N–H and O–H groups in total. The minimum absolute atomic E-state index is 0.0857. The Labute approximate surface area is 183 Å². The first kappa shape index (κ1) is 20.1. The van der Waals surface area contributed by atoms with Gasteiger partial charge < -0.3 is 19.1 Å². The van der Waals surface area contributed by atoms with E-state index in [0.717, 1.165) is 0 Å².